The zero-order chi connectivity index (χ0) is 47.2. The number of hydrogen-bond acceptors (Lipinski definition) is 6. The van der Waals surface area contributed by atoms with Gasteiger partial charge in [-0.05, 0) is 19.3 Å². The third-order valence-corrected chi connectivity index (χ3v) is 13.6. The van der Waals surface area contributed by atoms with Crippen LogP contribution in [0.1, 0.15) is 342 Å². The van der Waals surface area contributed by atoms with E-state index in [-0.39, 0.29) is 31.1 Å². The van der Waals surface area contributed by atoms with Crippen molar-refractivity contribution in [2.75, 3.05) is 13.2 Å². The molecule has 0 bridgehead atoms. The first kappa shape index (κ1) is 63.4. The highest BCUT2D eigenvalue weighted by Crippen LogP contribution is 2.18. The predicted molar refractivity (Wildman–Crippen MR) is 280 cm³/mol. The number of hydrogen-bond donors (Lipinski definition) is 0. The standard InChI is InChI=1S/C59H114O6/c1-4-7-10-13-16-19-21-23-25-27-29-31-33-35-37-40-43-46-49-52-58(61)64-55-56(54-63-57(60)51-48-45-42-39-18-15-12-9-6-3)65-59(62)53-50-47-44-41-38-36-34-32-30-28-26-24-22-20-17-14-11-8-5-2/h56H,4-55H2,1-3H3/t56-/m1/s1. The van der Waals surface area contributed by atoms with E-state index in [4.69, 9.17) is 14.2 Å². The molecule has 0 saturated heterocycles. The van der Waals surface area contributed by atoms with Crippen LogP contribution in [0.2, 0.25) is 0 Å². The smallest absolute Gasteiger partial charge is 0.306 e. The number of carbonyl (C=O) groups excluding carboxylic acids is 3. The summed E-state index contributed by atoms with van der Waals surface area (Å²) in [5.41, 5.74) is 0. The van der Waals surface area contributed by atoms with E-state index in [1.807, 2.05) is 0 Å². The summed E-state index contributed by atoms with van der Waals surface area (Å²) >= 11 is 0. The molecule has 0 radical (unpaired) electrons. The van der Waals surface area contributed by atoms with Gasteiger partial charge in [-0.25, -0.2) is 0 Å². The molecule has 0 spiro atoms. The molecule has 0 unspecified atom stereocenters. The first-order chi connectivity index (χ1) is 32.0. The summed E-state index contributed by atoms with van der Waals surface area (Å²) in [6.45, 7) is 6.69. The van der Waals surface area contributed by atoms with Crippen molar-refractivity contribution >= 4 is 17.9 Å². The van der Waals surface area contributed by atoms with Gasteiger partial charge < -0.3 is 14.2 Å². The molecule has 386 valence electrons. The Morgan fingerprint density at radius 3 is 0.615 bits per heavy atom. The van der Waals surface area contributed by atoms with Crippen molar-refractivity contribution in [3.63, 3.8) is 0 Å². The summed E-state index contributed by atoms with van der Waals surface area (Å²) in [5.74, 6) is -0.835. The Morgan fingerprint density at radius 2 is 0.415 bits per heavy atom. The van der Waals surface area contributed by atoms with Gasteiger partial charge in [0.1, 0.15) is 13.2 Å². The highest BCUT2D eigenvalue weighted by atomic mass is 16.6. The van der Waals surface area contributed by atoms with Crippen LogP contribution < -0.4 is 0 Å². The van der Waals surface area contributed by atoms with Crippen molar-refractivity contribution < 1.29 is 28.6 Å². The quantitative estimate of drug-likeness (QED) is 0.0344. The maximum atomic E-state index is 12.8. The van der Waals surface area contributed by atoms with E-state index >= 15 is 0 Å². The molecule has 0 aliphatic heterocycles. The maximum absolute atomic E-state index is 12.8. The first-order valence-corrected chi connectivity index (χ1v) is 29.5. The van der Waals surface area contributed by atoms with Crippen molar-refractivity contribution in [3.05, 3.63) is 0 Å². The topological polar surface area (TPSA) is 78.9 Å². The second kappa shape index (κ2) is 55.0. The van der Waals surface area contributed by atoms with Crippen LogP contribution in [0.4, 0.5) is 0 Å². The second-order valence-corrected chi connectivity index (χ2v) is 20.3. The van der Waals surface area contributed by atoms with E-state index in [9.17, 15) is 14.4 Å². The van der Waals surface area contributed by atoms with Gasteiger partial charge in [-0.2, -0.15) is 0 Å². The number of esters is 3. The van der Waals surface area contributed by atoms with Gasteiger partial charge in [-0.1, -0.05) is 303 Å². The molecule has 65 heavy (non-hydrogen) atoms. The summed E-state index contributed by atoms with van der Waals surface area (Å²) in [6, 6.07) is 0. The Bertz CT molecular complexity index is 967. The van der Waals surface area contributed by atoms with Gasteiger partial charge in [-0.15, -0.1) is 0 Å². The van der Waals surface area contributed by atoms with Crippen LogP contribution in [0.25, 0.3) is 0 Å². The van der Waals surface area contributed by atoms with E-state index in [1.54, 1.807) is 0 Å². The van der Waals surface area contributed by atoms with Crippen LogP contribution in [0.5, 0.6) is 0 Å². The number of carbonyl (C=O) groups is 3. The molecule has 6 heteroatoms. The van der Waals surface area contributed by atoms with Gasteiger partial charge in [0.05, 0.1) is 0 Å². The van der Waals surface area contributed by atoms with E-state index in [1.165, 1.54) is 244 Å². The number of rotatable bonds is 55. The highest BCUT2D eigenvalue weighted by molar-refractivity contribution is 5.71. The molecular formula is C59H114O6. The summed E-state index contributed by atoms with van der Waals surface area (Å²) < 4.78 is 16.9. The summed E-state index contributed by atoms with van der Waals surface area (Å²) in [5, 5.41) is 0. The van der Waals surface area contributed by atoms with Crippen LogP contribution in [0.15, 0.2) is 0 Å². The Balaban J connectivity index is 4.18. The first-order valence-electron chi connectivity index (χ1n) is 29.5. The lowest BCUT2D eigenvalue weighted by atomic mass is 10.0. The van der Waals surface area contributed by atoms with Crippen molar-refractivity contribution in [1.29, 1.82) is 0 Å². The zero-order valence-electron chi connectivity index (χ0n) is 44.3. The van der Waals surface area contributed by atoms with Crippen molar-refractivity contribution in [2.45, 2.75) is 348 Å². The summed E-state index contributed by atoms with van der Waals surface area (Å²) in [6.07, 6.45) is 61.1. The molecule has 0 amide bonds. The lowest BCUT2D eigenvalue weighted by Gasteiger charge is -2.18. The fourth-order valence-electron chi connectivity index (χ4n) is 9.15. The average Bonchev–Trinajstić information content (AvgIpc) is 3.30. The van der Waals surface area contributed by atoms with Crippen LogP contribution >= 0.6 is 0 Å². The largest absolute Gasteiger partial charge is 0.462 e. The molecule has 0 aliphatic carbocycles. The number of ether oxygens (including phenoxy) is 3. The molecule has 0 aromatic carbocycles. The lowest BCUT2D eigenvalue weighted by molar-refractivity contribution is -0.167. The molecule has 0 aromatic rings. The van der Waals surface area contributed by atoms with E-state index < -0.39 is 6.10 Å². The van der Waals surface area contributed by atoms with E-state index in [0.29, 0.717) is 19.3 Å². The average molecular weight is 920 g/mol. The number of unbranched alkanes of at least 4 members (excludes halogenated alkanes) is 44. The van der Waals surface area contributed by atoms with Crippen molar-refractivity contribution in [2.24, 2.45) is 0 Å². The normalized spacial score (nSPS) is 11.9. The molecule has 0 fully saturated rings. The molecule has 0 aromatic heterocycles. The van der Waals surface area contributed by atoms with Crippen LogP contribution in [-0.4, -0.2) is 37.2 Å². The summed E-state index contributed by atoms with van der Waals surface area (Å²) in [7, 11) is 0. The minimum atomic E-state index is -0.760. The molecular weight excluding hydrogens is 805 g/mol. The monoisotopic (exact) mass is 919 g/mol. The van der Waals surface area contributed by atoms with Gasteiger partial charge in [-0.3, -0.25) is 14.4 Å². The molecule has 0 saturated carbocycles. The van der Waals surface area contributed by atoms with Crippen molar-refractivity contribution in [3.8, 4) is 0 Å². The molecule has 0 N–H and O–H groups in total. The molecule has 1 atom stereocenters. The maximum Gasteiger partial charge on any atom is 0.306 e. The second-order valence-electron chi connectivity index (χ2n) is 20.3. The minimum absolute atomic E-state index is 0.0613. The van der Waals surface area contributed by atoms with Gasteiger partial charge in [0.15, 0.2) is 6.10 Å². The molecule has 6 nitrogen and oxygen atoms in total. The zero-order valence-corrected chi connectivity index (χ0v) is 44.3. The molecule has 0 aliphatic rings. The van der Waals surface area contributed by atoms with Gasteiger partial charge in [0, 0.05) is 19.3 Å². The highest BCUT2D eigenvalue weighted by Gasteiger charge is 2.19. The van der Waals surface area contributed by atoms with Gasteiger partial charge in [0.25, 0.3) is 0 Å². The van der Waals surface area contributed by atoms with Gasteiger partial charge in [0.2, 0.25) is 0 Å². The Hall–Kier alpha value is -1.59. The molecule has 0 rings (SSSR count). The Morgan fingerprint density at radius 1 is 0.246 bits per heavy atom. The van der Waals surface area contributed by atoms with Crippen LogP contribution in [0, 0.1) is 0 Å². The van der Waals surface area contributed by atoms with Crippen molar-refractivity contribution in [1.82, 2.24) is 0 Å². The van der Waals surface area contributed by atoms with E-state index in [2.05, 4.69) is 20.8 Å². The van der Waals surface area contributed by atoms with Crippen LogP contribution in [-0.2, 0) is 28.6 Å². The fourth-order valence-corrected chi connectivity index (χ4v) is 9.15. The van der Waals surface area contributed by atoms with Crippen LogP contribution in [0.3, 0.4) is 0 Å². The lowest BCUT2D eigenvalue weighted by Crippen LogP contribution is -2.30. The fraction of sp³-hybridized carbons (Fsp3) is 0.949. The Kier molecular flexibility index (Phi) is 53.7. The van der Waals surface area contributed by atoms with Gasteiger partial charge >= 0.3 is 17.9 Å². The third kappa shape index (κ3) is 53.2. The summed E-state index contributed by atoms with van der Waals surface area (Å²) in [4.78, 5) is 38.0. The molecule has 0 heterocycles. The third-order valence-electron chi connectivity index (χ3n) is 13.6. The predicted octanol–water partition coefficient (Wildman–Crippen LogP) is 19.5. The Labute approximate surface area is 406 Å². The minimum Gasteiger partial charge on any atom is -0.462 e. The SMILES string of the molecule is CCCCCCCCCCCCCCCCCCCCCC(=O)OC[C@@H](COC(=O)CCCCCCCCCCC)OC(=O)CCCCCCCCCCCCCCCCCCCCC. The van der Waals surface area contributed by atoms with E-state index in [0.717, 1.165) is 57.8 Å².